The van der Waals surface area contributed by atoms with Crippen LogP contribution in [0.5, 0.6) is 11.5 Å². The second kappa shape index (κ2) is 7.21. The minimum Gasteiger partial charge on any atom is -0.497 e. The van der Waals surface area contributed by atoms with Crippen LogP contribution in [0.1, 0.15) is 12.0 Å². The van der Waals surface area contributed by atoms with Crippen LogP contribution >= 0.6 is 15.9 Å². The maximum atomic E-state index is 13.8. The average Bonchev–Trinajstić information content (AvgIpc) is 2.59. The molecular formula is C18H17BrFNO3. The summed E-state index contributed by atoms with van der Waals surface area (Å²) in [6.45, 7) is 0.425. The van der Waals surface area contributed by atoms with Crippen molar-refractivity contribution in [3.63, 3.8) is 0 Å². The molecule has 0 N–H and O–H groups in total. The van der Waals surface area contributed by atoms with Crippen LogP contribution in [-0.4, -0.2) is 26.2 Å². The lowest BCUT2D eigenvalue weighted by atomic mass is 10.0. The van der Waals surface area contributed by atoms with Crippen LogP contribution < -0.4 is 14.4 Å². The van der Waals surface area contributed by atoms with E-state index in [1.165, 1.54) is 12.1 Å². The summed E-state index contributed by atoms with van der Waals surface area (Å²) < 4.78 is 25.0. The van der Waals surface area contributed by atoms with Gasteiger partial charge in [-0.2, -0.15) is 0 Å². The van der Waals surface area contributed by atoms with E-state index in [1.807, 2.05) is 18.2 Å². The van der Waals surface area contributed by atoms with E-state index in [-0.39, 0.29) is 18.3 Å². The largest absolute Gasteiger partial charge is 0.497 e. The highest BCUT2D eigenvalue weighted by atomic mass is 79.9. The molecule has 6 heteroatoms. The molecule has 0 bridgehead atoms. The number of anilines is 1. The zero-order chi connectivity index (χ0) is 17.1. The number of fused-ring (bicyclic) bond motifs is 1. The maximum absolute atomic E-state index is 13.8. The molecule has 0 aromatic heterocycles. The predicted octanol–water partition coefficient (Wildman–Crippen LogP) is 3.96. The van der Waals surface area contributed by atoms with E-state index >= 15 is 0 Å². The maximum Gasteiger partial charge on any atom is 0.264 e. The van der Waals surface area contributed by atoms with Crippen molar-refractivity contribution in [2.45, 2.75) is 12.8 Å². The fraction of sp³-hybridized carbons (Fsp3) is 0.278. The summed E-state index contributed by atoms with van der Waals surface area (Å²) in [7, 11) is 1.62. The minimum atomic E-state index is -0.499. The molecule has 0 spiro atoms. The number of aryl methyl sites for hydroxylation is 1. The van der Waals surface area contributed by atoms with Gasteiger partial charge in [0.1, 0.15) is 5.75 Å². The van der Waals surface area contributed by atoms with Crippen molar-refractivity contribution in [3.05, 3.63) is 52.3 Å². The number of hydrogen-bond donors (Lipinski definition) is 0. The van der Waals surface area contributed by atoms with Crippen LogP contribution in [0.2, 0.25) is 0 Å². The van der Waals surface area contributed by atoms with Gasteiger partial charge in [-0.3, -0.25) is 4.79 Å². The van der Waals surface area contributed by atoms with Gasteiger partial charge in [-0.1, -0.05) is 15.9 Å². The summed E-state index contributed by atoms with van der Waals surface area (Å²) in [5, 5.41) is 0. The Bertz CT molecular complexity index is 766. The average molecular weight is 394 g/mol. The van der Waals surface area contributed by atoms with Crippen molar-refractivity contribution in [1.29, 1.82) is 0 Å². The summed E-state index contributed by atoms with van der Waals surface area (Å²) in [4.78, 5) is 14.2. The molecule has 24 heavy (non-hydrogen) atoms. The van der Waals surface area contributed by atoms with Crippen molar-refractivity contribution in [3.8, 4) is 11.5 Å². The van der Waals surface area contributed by atoms with Gasteiger partial charge in [0.15, 0.2) is 18.2 Å². The fourth-order valence-electron chi connectivity index (χ4n) is 2.77. The molecule has 1 aliphatic rings. The fourth-order valence-corrected chi connectivity index (χ4v) is 3.10. The van der Waals surface area contributed by atoms with Crippen LogP contribution in [0.25, 0.3) is 0 Å². The molecule has 4 nitrogen and oxygen atoms in total. The zero-order valence-corrected chi connectivity index (χ0v) is 14.8. The van der Waals surface area contributed by atoms with Crippen molar-refractivity contribution < 1.29 is 18.7 Å². The van der Waals surface area contributed by atoms with Crippen molar-refractivity contribution in [1.82, 2.24) is 0 Å². The lowest BCUT2D eigenvalue weighted by Gasteiger charge is -2.29. The van der Waals surface area contributed by atoms with Crippen LogP contribution in [-0.2, 0) is 11.2 Å². The summed E-state index contributed by atoms with van der Waals surface area (Å²) in [5.74, 6) is 0.152. The van der Waals surface area contributed by atoms with Gasteiger partial charge in [-0.25, -0.2) is 4.39 Å². The highest BCUT2D eigenvalue weighted by molar-refractivity contribution is 9.10. The quantitative estimate of drug-likeness (QED) is 0.788. The van der Waals surface area contributed by atoms with Gasteiger partial charge in [0, 0.05) is 16.7 Å². The van der Waals surface area contributed by atoms with Crippen LogP contribution in [0.15, 0.2) is 40.9 Å². The SMILES string of the molecule is COc1ccc2c(c1)CCCN2C(=O)COc1ccc(Br)cc1F. The first kappa shape index (κ1) is 16.8. The second-order valence-corrected chi connectivity index (χ2v) is 6.42. The third kappa shape index (κ3) is 3.53. The van der Waals surface area contributed by atoms with Gasteiger partial charge < -0.3 is 14.4 Å². The zero-order valence-electron chi connectivity index (χ0n) is 13.2. The number of ether oxygens (including phenoxy) is 2. The number of halogens is 2. The van der Waals surface area contributed by atoms with Crippen LogP contribution in [0, 0.1) is 5.82 Å². The Balaban J connectivity index is 1.72. The number of hydrogen-bond acceptors (Lipinski definition) is 3. The normalized spacial score (nSPS) is 13.4. The molecule has 2 aromatic rings. The predicted molar refractivity (Wildman–Crippen MR) is 93.3 cm³/mol. The van der Waals surface area contributed by atoms with E-state index in [4.69, 9.17) is 9.47 Å². The van der Waals surface area contributed by atoms with Crippen molar-refractivity contribution in [2.75, 3.05) is 25.2 Å². The third-order valence-corrected chi connectivity index (χ3v) is 4.44. The van der Waals surface area contributed by atoms with E-state index in [9.17, 15) is 9.18 Å². The number of amides is 1. The van der Waals surface area contributed by atoms with E-state index in [0.717, 1.165) is 29.8 Å². The van der Waals surface area contributed by atoms with E-state index < -0.39 is 5.82 Å². The number of nitrogens with zero attached hydrogens (tertiary/aromatic N) is 1. The molecule has 0 aliphatic carbocycles. The molecule has 126 valence electrons. The Hall–Kier alpha value is -2.08. The lowest BCUT2D eigenvalue weighted by Crippen LogP contribution is -2.38. The molecule has 0 atom stereocenters. The summed E-state index contributed by atoms with van der Waals surface area (Å²) >= 11 is 3.19. The van der Waals surface area contributed by atoms with E-state index in [2.05, 4.69) is 15.9 Å². The molecule has 0 fully saturated rings. The Labute approximate surface area is 148 Å². The first-order valence-electron chi connectivity index (χ1n) is 7.63. The van der Waals surface area contributed by atoms with E-state index in [1.54, 1.807) is 18.1 Å². The molecule has 0 radical (unpaired) electrons. The molecule has 3 rings (SSSR count). The summed E-state index contributed by atoms with van der Waals surface area (Å²) in [6, 6.07) is 10.1. The van der Waals surface area contributed by atoms with Gasteiger partial charge in [-0.05, 0) is 54.8 Å². The Morgan fingerprint density at radius 3 is 2.88 bits per heavy atom. The number of rotatable bonds is 4. The van der Waals surface area contributed by atoms with E-state index in [0.29, 0.717) is 11.0 Å². The second-order valence-electron chi connectivity index (χ2n) is 5.51. The number of carbonyl (C=O) groups is 1. The molecule has 1 aliphatic heterocycles. The van der Waals surface area contributed by atoms with Crippen molar-refractivity contribution >= 4 is 27.5 Å². The molecule has 1 amide bonds. The third-order valence-electron chi connectivity index (χ3n) is 3.95. The number of carbonyl (C=O) groups excluding carboxylic acids is 1. The molecule has 0 saturated carbocycles. The standard InChI is InChI=1S/C18H17BrFNO3/c1-23-14-5-6-16-12(9-14)3-2-8-21(16)18(22)11-24-17-7-4-13(19)10-15(17)20/h4-7,9-10H,2-3,8,11H2,1H3. The summed E-state index contributed by atoms with van der Waals surface area (Å²) in [6.07, 6.45) is 1.77. The molecule has 1 heterocycles. The smallest absolute Gasteiger partial charge is 0.264 e. The van der Waals surface area contributed by atoms with Gasteiger partial charge in [0.2, 0.25) is 0 Å². The monoisotopic (exact) mass is 393 g/mol. The Morgan fingerprint density at radius 2 is 2.12 bits per heavy atom. The highest BCUT2D eigenvalue weighted by Gasteiger charge is 2.23. The van der Waals surface area contributed by atoms with Crippen molar-refractivity contribution in [2.24, 2.45) is 0 Å². The number of benzene rings is 2. The molecule has 0 unspecified atom stereocenters. The highest BCUT2D eigenvalue weighted by Crippen LogP contribution is 2.30. The topological polar surface area (TPSA) is 38.8 Å². The first-order chi connectivity index (χ1) is 11.6. The molecular weight excluding hydrogens is 377 g/mol. The minimum absolute atomic E-state index is 0.0681. The van der Waals surface area contributed by atoms with Gasteiger partial charge in [0.25, 0.3) is 5.91 Å². The number of methoxy groups -OCH3 is 1. The van der Waals surface area contributed by atoms with Gasteiger partial charge in [0.05, 0.1) is 7.11 Å². The van der Waals surface area contributed by atoms with Crippen LogP contribution in [0.4, 0.5) is 10.1 Å². The lowest BCUT2D eigenvalue weighted by molar-refractivity contribution is -0.120. The Kier molecular flexibility index (Phi) is 5.04. The summed E-state index contributed by atoms with van der Waals surface area (Å²) in [5.41, 5.74) is 1.94. The van der Waals surface area contributed by atoms with Gasteiger partial charge in [-0.15, -0.1) is 0 Å². The van der Waals surface area contributed by atoms with Gasteiger partial charge >= 0.3 is 0 Å². The first-order valence-corrected chi connectivity index (χ1v) is 8.43. The molecule has 2 aromatic carbocycles. The Morgan fingerprint density at radius 1 is 1.29 bits per heavy atom. The van der Waals surface area contributed by atoms with Crippen LogP contribution in [0.3, 0.4) is 0 Å². The molecule has 0 saturated heterocycles.